The summed E-state index contributed by atoms with van der Waals surface area (Å²) in [5, 5.41) is 32.0. The van der Waals surface area contributed by atoms with E-state index in [1.54, 1.807) is 0 Å². The number of hydrogen-bond acceptors (Lipinski definition) is 3. The summed E-state index contributed by atoms with van der Waals surface area (Å²) in [7, 11) is 0. The number of rotatable bonds is 1. The van der Waals surface area contributed by atoms with Gasteiger partial charge in [0.15, 0.2) is 0 Å². The van der Waals surface area contributed by atoms with Gasteiger partial charge in [-0.05, 0) is 62.7 Å². The molecule has 3 fully saturated rings. The maximum atomic E-state index is 12.1. The highest BCUT2D eigenvalue weighted by Gasteiger charge is 2.70. The van der Waals surface area contributed by atoms with Crippen molar-refractivity contribution in [2.24, 2.45) is 33.5 Å². The molecule has 4 aliphatic carbocycles. The fourth-order valence-electron chi connectivity index (χ4n) is 7.21. The van der Waals surface area contributed by atoms with Gasteiger partial charge in [-0.15, -0.1) is 0 Å². The van der Waals surface area contributed by atoms with Crippen molar-refractivity contribution in [3.63, 3.8) is 0 Å². The van der Waals surface area contributed by atoms with E-state index < -0.39 is 29.0 Å². The molecule has 0 heterocycles. The van der Waals surface area contributed by atoms with Crippen molar-refractivity contribution in [3.05, 3.63) is 12.2 Å². The van der Waals surface area contributed by atoms with Crippen molar-refractivity contribution in [1.29, 1.82) is 0 Å². The van der Waals surface area contributed by atoms with Crippen LogP contribution >= 0.6 is 0 Å². The SMILES string of the molecule is C[C@]12C=C[C@@]3(C1)[C@@H](O)C[C@@H]1[C@](C)([C@@H](O)CC[C@@]1(C)C(=O)O)[C@H]3CC2. The summed E-state index contributed by atoms with van der Waals surface area (Å²) in [5.74, 6) is -0.814. The van der Waals surface area contributed by atoms with Crippen LogP contribution in [0, 0.1) is 33.5 Å². The van der Waals surface area contributed by atoms with Gasteiger partial charge in [0.25, 0.3) is 0 Å². The van der Waals surface area contributed by atoms with Crippen LogP contribution in [0.2, 0.25) is 0 Å². The third-order valence-electron chi connectivity index (χ3n) is 8.65. The molecule has 2 bridgehead atoms. The molecular formula is C20H30O4. The maximum absolute atomic E-state index is 12.1. The Morgan fingerprint density at radius 1 is 1.00 bits per heavy atom. The lowest BCUT2D eigenvalue weighted by atomic mass is 9.39. The van der Waals surface area contributed by atoms with Crippen molar-refractivity contribution in [3.8, 4) is 0 Å². The molecule has 24 heavy (non-hydrogen) atoms. The zero-order chi connectivity index (χ0) is 17.5. The van der Waals surface area contributed by atoms with E-state index in [2.05, 4.69) is 26.0 Å². The smallest absolute Gasteiger partial charge is 0.309 e. The molecule has 8 atom stereocenters. The average Bonchev–Trinajstić information content (AvgIpc) is 2.78. The van der Waals surface area contributed by atoms with E-state index in [0.717, 1.165) is 19.3 Å². The first-order valence-electron chi connectivity index (χ1n) is 9.38. The molecule has 0 aromatic heterocycles. The van der Waals surface area contributed by atoms with Gasteiger partial charge in [-0.3, -0.25) is 4.79 Å². The lowest BCUT2D eigenvalue weighted by molar-refractivity contribution is -0.234. The number of carboxylic acids is 1. The number of allylic oxidation sites excluding steroid dienone is 1. The quantitative estimate of drug-likeness (QED) is 0.644. The minimum atomic E-state index is -0.861. The molecule has 0 aromatic rings. The van der Waals surface area contributed by atoms with Gasteiger partial charge in [-0.2, -0.15) is 0 Å². The van der Waals surface area contributed by atoms with Crippen LogP contribution < -0.4 is 0 Å². The van der Waals surface area contributed by atoms with Crippen molar-refractivity contribution >= 4 is 5.97 Å². The summed E-state index contributed by atoms with van der Waals surface area (Å²) in [5.41, 5.74) is -1.44. The minimum absolute atomic E-state index is 0.149. The Hall–Kier alpha value is -0.870. The first-order chi connectivity index (χ1) is 11.1. The number of aliphatic carboxylic acids is 1. The molecule has 0 unspecified atom stereocenters. The maximum Gasteiger partial charge on any atom is 0.309 e. The van der Waals surface area contributed by atoms with Crippen LogP contribution in [0.25, 0.3) is 0 Å². The lowest BCUT2D eigenvalue weighted by Gasteiger charge is -2.66. The molecule has 0 amide bonds. The van der Waals surface area contributed by atoms with Gasteiger partial charge in [0.05, 0.1) is 17.6 Å². The van der Waals surface area contributed by atoms with Crippen LogP contribution in [-0.2, 0) is 4.79 Å². The molecule has 4 rings (SSSR count). The molecule has 0 radical (unpaired) electrons. The normalized spacial score (nSPS) is 58.9. The van der Waals surface area contributed by atoms with Crippen LogP contribution in [0.4, 0.5) is 0 Å². The lowest BCUT2D eigenvalue weighted by Crippen LogP contribution is -2.67. The van der Waals surface area contributed by atoms with Crippen LogP contribution in [0.5, 0.6) is 0 Å². The van der Waals surface area contributed by atoms with Gasteiger partial charge in [0.1, 0.15) is 0 Å². The topological polar surface area (TPSA) is 77.8 Å². The second-order valence-corrected chi connectivity index (χ2v) is 9.81. The highest BCUT2D eigenvalue weighted by Crippen LogP contribution is 2.71. The van der Waals surface area contributed by atoms with Gasteiger partial charge in [0.2, 0.25) is 0 Å². The number of fused-ring (bicyclic) bond motifs is 3. The van der Waals surface area contributed by atoms with Gasteiger partial charge in [0, 0.05) is 10.8 Å². The van der Waals surface area contributed by atoms with E-state index in [-0.39, 0.29) is 22.7 Å². The second kappa shape index (κ2) is 4.64. The largest absolute Gasteiger partial charge is 0.481 e. The number of carbonyl (C=O) groups is 1. The van der Waals surface area contributed by atoms with E-state index in [9.17, 15) is 20.1 Å². The van der Waals surface area contributed by atoms with Gasteiger partial charge >= 0.3 is 5.97 Å². The van der Waals surface area contributed by atoms with Gasteiger partial charge < -0.3 is 15.3 Å². The monoisotopic (exact) mass is 334 g/mol. The zero-order valence-corrected chi connectivity index (χ0v) is 15.0. The summed E-state index contributed by atoms with van der Waals surface area (Å²) < 4.78 is 0. The third kappa shape index (κ3) is 1.74. The summed E-state index contributed by atoms with van der Waals surface area (Å²) in [4.78, 5) is 12.1. The first-order valence-corrected chi connectivity index (χ1v) is 9.38. The van der Waals surface area contributed by atoms with E-state index in [1.807, 2.05) is 6.92 Å². The van der Waals surface area contributed by atoms with E-state index in [0.29, 0.717) is 19.3 Å². The summed E-state index contributed by atoms with van der Waals surface area (Å²) in [6, 6.07) is 0. The summed E-state index contributed by atoms with van der Waals surface area (Å²) in [6.45, 7) is 6.19. The molecule has 4 aliphatic rings. The van der Waals surface area contributed by atoms with Gasteiger partial charge in [-0.1, -0.05) is 26.0 Å². The molecule has 134 valence electrons. The van der Waals surface area contributed by atoms with Crippen LogP contribution in [-0.4, -0.2) is 33.5 Å². The van der Waals surface area contributed by atoms with Crippen molar-refractivity contribution < 1.29 is 20.1 Å². The van der Waals surface area contributed by atoms with Crippen LogP contribution in [0.3, 0.4) is 0 Å². The van der Waals surface area contributed by atoms with Crippen molar-refractivity contribution in [2.75, 3.05) is 0 Å². The third-order valence-corrected chi connectivity index (χ3v) is 8.65. The Balaban J connectivity index is 1.84. The highest BCUT2D eigenvalue weighted by molar-refractivity contribution is 5.75. The number of aliphatic hydroxyl groups excluding tert-OH is 2. The van der Waals surface area contributed by atoms with E-state index in [4.69, 9.17) is 0 Å². The molecule has 0 aliphatic heterocycles. The Kier molecular flexibility index (Phi) is 3.21. The zero-order valence-electron chi connectivity index (χ0n) is 15.0. The minimum Gasteiger partial charge on any atom is -0.481 e. The average molecular weight is 334 g/mol. The van der Waals surface area contributed by atoms with Crippen LogP contribution in [0.1, 0.15) is 59.3 Å². The summed E-state index contributed by atoms with van der Waals surface area (Å²) >= 11 is 0. The molecule has 0 saturated heterocycles. The molecule has 3 N–H and O–H groups in total. The van der Waals surface area contributed by atoms with E-state index >= 15 is 0 Å². The molecule has 4 heteroatoms. The molecule has 0 aromatic carbocycles. The predicted molar refractivity (Wildman–Crippen MR) is 90.2 cm³/mol. The Morgan fingerprint density at radius 3 is 2.38 bits per heavy atom. The van der Waals surface area contributed by atoms with E-state index in [1.165, 1.54) is 0 Å². The molecule has 3 saturated carbocycles. The Labute approximate surface area is 144 Å². The van der Waals surface area contributed by atoms with Gasteiger partial charge in [-0.25, -0.2) is 0 Å². The van der Waals surface area contributed by atoms with Crippen molar-refractivity contribution in [1.82, 2.24) is 0 Å². The number of carboxylic acid groups (broad SMARTS) is 1. The molecular weight excluding hydrogens is 304 g/mol. The Bertz CT molecular complexity index is 615. The second-order valence-electron chi connectivity index (χ2n) is 9.81. The molecule has 1 spiro atoms. The standard InChI is InChI=1S/C20H30O4/c1-17-6-4-12-19(3)13(10-15(22)20(12,11-17)9-8-17)18(2,16(23)24)7-5-14(19)21/h8-9,12-15,21-22H,4-7,10-11H2,1-3H3,(H,23,24)/t12-,13+,14+,15+,17+,18-,19-,20+/m1/s1. The number of hydrogen-bond donors (Lipinski definition) is 3. The van der Waals surface area contributed by atoms with Crippen molar-refractivity contribution in [2.45, 2.75) is 71.5 Å². The Morgan fingerprint density at radius 2 is 1.71 bits per heavy atom. The highest BCUT2D eigenvalue weighted by atomic mass is 16.4. The fraction of sp³-hybridized carbons (Fsp3) is 0.850. The fourth-order valence-corrected chi connectivity index (χ4v) is 7.21. The first kappa shape index (κ1) is 16.6. The summed E-state index contributed by atoms with van der Waals surface area (Å²) in [6.07, 6.45) is 7.95. The number of aliphatic hydroxyl groups is 2. The van der Waals surface area contributed by atoms with Crippen LogP contribution in [0.15, 0.2) is 12.2 Å². The molecule has 4 nitrogen and oxygen atoms in total. The predicted octanol–water partition coefficient (Wildman–Crippen LogP) is 2.98.